The summed E-state index contributed by atoms with van der Waals surface area (Å²) in [5.41, 5.74) is 1.30. The number of hydrogen-bond acceptors (Lipinski definition) is 2. The van der Waals surface area contributed by atoms with Crippen LogP contribution in [0, 0.1) is 5.82 Å². The van der Waals surface area contributed by atoms with Crippen LogP contribution >= 0.6 is 0 Å². The highest BCUT2D eigenvalue weighted by Gasteiger charge is 2.14. The van der Waals surface area contributed by atoms with Crippen LogP contribution in [-0.2, 0) is 6.42 Å². The Labute approximate surface area is 97.3 Å². The minimum Gasteiger partial charge on any atom is -0.477 e. The average Bonchev–Trinajstić information content (AvgIpc) is 2.74. The molecular weight excluding hydrogens is 223 g/mol. The van der Waals surface area contributed by atoms with E-state index in [1.807, 2.05) is 6.92 Å². The Morgan fingerprint density at radius 2 is 2.06 bits per heavy atom. The van der Waals surface area contributed by atoms with Gasteiger partial charge in [0.15, 0.2) is 5.69 Å². The molecule has 17 heavy (non-hydrogen) atoms. The highest BCUT2D eigenvalue weighted by Crippen LogP contribution is 2.14. The summed E-state index contributed by atoms with van der Waals surface area (Å²) < 4.78 is 14.1. The van der Waals surface area contributed by atoms with Crippen molar-refractivity contribution in [1.29, 1.82) is 0 Å². The maximum absolute atomic E-state index is 12.8. The van der Waals surface area contributed by atoms with Gasteiger partial charge in [-0.2, -0.15) is 5.10 Å². The molecule has 0 unspecified atom stereocenters. The second kappa shape index (κ2) is 4.37. The van der Waals surface area contributed by atoms with Gasteiger partial charge in [0, 0.05) is 0 Å². The average molecular weight is 234 g/mol. The number of benzene rings is 1. The molecule has 1 N–H and O–H groups in total. The zero-order chi connectivity index (χ0) is 12.4. The molecular formula is C12H11FN2O2. The van der Waals surface area contributed by atoms with Gasteiger partial charge in [-0.25, -0.2) is 13.9 Å². The third kappa shape index (κ3) is 2.18. The second-order valence-electron chi connectivity index (χ2n) is 3.57. The molecule has 0 saturated carbocycles. The van der Waals surface area contributed by atoms with Crippen molar-refractivity contribution in [2.45, 2.75) is 13.3 Å². The first-order chi connectivity index (χ1) is 8.11. The summed E-state index contributed by atoms with van der Waals surface area (Å²) in [7, 11) is 0. The van der Waals surface area contributed by atoms with E-state index in [2.05, 4.69) is 5.10 Å². The summed E-state index contributed by atoms with van der Waals surface area (Å²) in [5.74, 6) is -1.42. The molecule has 0 fully saturated rings. The van der Waals surface area contributed by atoms with Gasteiger partial charge in [-0.1, -0.05) is 6.92 Å². The summed E-state index contributed by atoms with van der Waals surface area (Å²) in [6, 6.07) is 7.05. The molecule has 4 nitrogen and oxygen atoms in total. The maximum atomic E-state index is 12.8. The third-order valence-corrected chi connectivity index (χ3v) is 2.41. The first-order valence-corrected chi connectivity index (χ1v) is 5.20. The molecule has 1 heterocycles. The number of carboxylic acids is 1. The Morgan fingerprint density at radius 1 is 1.41 bits per heavy atom. The fourth-order valence-electron chi connectivity index (χ4n) is 1.53. The molecule has 2 rings (SSSR count). The Bertz CT molecular complexity index is 546. The lowest BCUT2D eigenvalue weighted by atomic mass is 10.3. The lowest BCUT2D eigenvalue weighted by Gasteiger charge is -2.03. The van der Waals surface area contributed by atoms with Crippen molar-refractivity contribution in [1.82, 2.24) is 9.78 Å². The number of aromatic nitrogens is 2. The standard InChI is InChI=1S/C12H11FN2O2/c1-2-9-7-11(12(16)17)15(14-9)10-5-3-8(13)4-6-10/h3-7H,2H2,1H3,(H,16,17). The van der Waals surface area contributed by atoms with Crippen molar-refractivity contribution in [3.63, 3.8) is 0 Å². The van der Waals surface area contributed by atoms with Gasteiger partial charge in [0.25, 0.3) is 0 Å². The van der Waals surface area contributed by atoms with Crippen LogP contribution in [0.15, 0.2) is 30.3 Å². The molecule has 2 aromatic rings. The Morgan fingerprint density at radius 3 is 2.59 bits per heavy atom. The molecule has 1 aromatic carbocycles. The Balaban J connectivity index is 2.53. The molecule has 0 amide bonds. The zero-order valence-electron chi connectivity index (χ0n) is 9.22. The number of hydrogen-bond donors (Lipinski definition) is 1. The lowest BCUT2D eigenvalue weighted by Crippen LogP contribution is -2.07. The van der Waals surface area contributed by atoms with E-state index in [1.54, 1.807) is 0 Å². The molecule has 0 radical (unpaired) electrons. The van der Waals surface area contributed by atoms with E-state index in [9.17, 15) is 9.18 Å². The van der Waals surface area contributed by atoms with Crippen molar-refractivity contribution >= 4 is 5.97 Å². The fourth-order valence-corrected chi connectivity index (χ4v) is 1.53. The number of carbonyl (C=O) groups is 1. The minimum absolute atomic E-state index is 0.0773. The van der Waals surface area contributed by atoms with Crippen molar-refractivity contribution in [2.24, 2.45) is 0 Å². The Hall–Kier alpha value is -2.17. The van der Waals surface area contributed by atoms with E-state index in [1.165, 1.54) is 35.0 Å². The first kappa shape index (κ1) is 11.3. The number of halogens is 1. The Kier molecular flexibility index (Phi) is 2.91. The van der Waals surface area contributed by atoms with Gasteiger partial charge in [0.2, 0.25) is 0 Å². The van der Waals surface area contributed by atoms with Crippen LogP contribution in [0.4, 0.5) is 4.39 Å². The van der Waals surface area contributed by atoms with Crippen LogP contribution in [0.25, 0.3) is 5.69 Å². The summed E-state index contributed by atoms with van der Waals surface area (Å²) in [4.78, 5) is 11.1. The van der Waals surface area contributed by atoms with Gasteiger partial charge in [-0.05, 0) is 36.8 Å². The highest BCUT2D eigenvalue weighted by molar-refractivity contribution is 5.86. The van der Waals surface area contributed by atoms with Gasteiger partial charge in [0.1, 0.15) is 5.82 Å². The second-order valence-corrected chi connectivity index (χ2v) is 3.57. The van der Waals surface area contributed by atoms with E-state index in [0.29, 0.717) is 17.8 Å². The molecule has 0 aliphatic carbocycles. The van der Waals surface area contributed by atoms with Crippen molar-refractivity contribution in [3.8, 4) is 5.69 Å². The quantitative estimate of drug-likeness (QED) is 0.886. The van der Waals surface area contributed by atoms with Crippen molar-refractivity contribution in [2.75, 3.05) is 0 Å². The largest absolute Gasteiger partial charge is 0.477 e. The van der Waals surface area contributed by atoms with E-state index in [0.717, 1.165) is 0 Å². The smallest absolute Gasteiger partial charge is 0.354 e. The number of aryl methyl sites for hydroxylation is 1. The maximum Gasteiger partial charge on any atom is 0.354 e. The predicted octanol–water partition coefficient (Wildman–Crippen LogP) is 2.27. The molecule has 5 heteroatoms. The summed E-state index contributed by atoms with van der Waals surface area (Å²) >= 11 is 0. The number of nitrogens with zero attached hydrogens (tertiary/aromatic N) is 2. The molecule has 0 atom stereocenters. The van der Waals surface area contributed by atoms with E-state index >= 15 is 0 Å². The summed E-state index contributed by atoms with van der Waals surface area (Å²) in [6.07, 6.45) is 0.647. The van der Waals surface area contributed by atoms with Crippen LogP contribution in [0.3, 0.4) is 0 Å². The molecule has 0 aliphatic heterocycles. The molecule has 0 bridgehead atoms. The van der Waals surface area contributed by atoms with Crippen LogP contribution in [0.5, 0.6) is 0 Å². The van der Waals surface area contributed by atoms with E-state index in [-0.39, 0.29) is 11.5 Å². The van der Waals surface area contributed by atoms with E-state index < -0.39 is 5.97 Å². The number of carboxylic acid groups (broad SMARTS) is 1. The molecule has 88 valence electrons. The van der Waals surface area contributed by atoms with Crippen LogP contribution < -0.4 is 0 Å². The van der Waals surface area contributed by atoms with Gasteiger partial charge >= 0.3 is 5.97 Å². The van der Waals surface area contributed by atoms with E-state index in [4.69, 9.17) is 5.11 Å². The SMILES string of the molecule is CCc1cc(C(=O)O)n(-c2ccc(F)cc2)n1. The minimum atomic E-state index is -1.05. The van der Waals surface area contributed by atoms with Crippen molar-refractivity contribution in [3.05, 3.63) is 47.5 Å². The van der Waals surface area contributed by atoms with Gasteiger partial charge in [-0.15, -0.1) is 0 Å². The van der Waals surface area contributed by atoms with Gasteiger partial charge < -0.3 is 5.11 Å². The van der Waals surface area contributed by atoms with Gasteiger partial charge in [-0.3, -0.25) is 0 Å². The zero-order valence-corrected chi connectivity index (χ0v) is 9.22. The summed E-state index contributed by atoms with van der Waals surface area (Å²) in [6.45, 7) is 1.89. The third-order valence-electron chi connectivity index (χ3n) is 2.41. The van der Waals surface area contributed by atoms with Crippen LogP contribution in [0.2, 0.25) is 0 Å². The first-order valence-electron chi connectivity index (χ1n) is 5.20. The van der Waals surface area contributed by atoms with Crippen LogP contribution in [0.1, 0.15) is 23.1 Å². The topological polar surface area (TPSA) is 55.1 Å². The highest BCUT2D eigenvalue weighted by atomic mass is 19.1. The lowest BCUT2D eigenvalue weighted by molar-refractivity contribution is 0.0687. The predicted molar refractivity (Wildman–Crippen MR) is 59.9 cm³/mol. The number of aromatic carboxylic acids is 1. The van der Waals surface area contributed by atoms with Crippen LogP contribution in [-0.4, -0.2) is 20.9 Å². The summed E-state index contributed by atoms with van der Waals surface area (Å²) in [5, 5.41) is 13.2. The van der Waals surface area contributed by atoms with Gasteiger partial charge in [0.05, 0.1) is 11.4 Å². The van der Waals surface area contributed by atoms with Crippen molar-refractivity contribution < 1.29 is 14.3 Å². The normalized spacial score (nSPS) is 10.5. The molecule has 0 aliphatic rings. The monoisotopic (exact) mass is 234 g/mol. The fraction of sp³-hybridized carbons (Fsp3) is 0.167. The molecule has 0 spiro atoms. The number of rotatable bonds is 3. The molecule has 0 saturated heterocycles. The molecule has 1 aromatic heterocycles.